The number of nitrogens with zero attached hydrogens (tertiary/aromatic N) is 3. The second kappa shape index (κ2) is 10.7. The van der Waals surface area contributed by atoms with Crippen LogP contribution in [-0.4, -0.2) is 19.6 Å². The number of benzene rings is 4. The van der Waals surface area contributed by atoms with Gasteiger partial charge in [-0.2, -0.15) is 0 Å². The number of hydrogen-bond donors (Lipinski definition) is 1. The number of aromatic hydroxyl groups is 1. The molecule has 1 aliphatic rings. The Morgan fingerprint density at radius 2 is 1.61 bits per heavy atom. The Kier molecular flexibility index (Phi) is 6.63. The van der Waals surface area contributed by atoms with Crippen LogP contribution in [0.3, 0.4) is 0 Å². The summed E-state index contributed by atoms with van der Waals surface area (Å²) in [6.45, 7) is 2.33. The van der Waals surface area contributed by atoms with Crippen molar-refractivity contribution in [1.82, 2.24) is 14.5 Å². The van der Waals surface area contributed by atoms with Gasteiger partial charge in [-0.15, -0.1) is 0 Å². The molecule has 6 aromatic rings. The maximum Gasteiger partial charge on any atom is 0.141 e. The molecular formula is C36H33N3O2. The third kappa shape index (κ3) is 4.82. The van der Waals surface area contributed by atoms with Crippen molar-refractivity contribution >= 4 is 21.9 Å². The van der Waals surface area contributed by atoms with Gasteiger partial charge in [0, 0.05) is 28.1 Å². The van der Waals surface area contributed by atoms with Crippen LogP contribution in [0.5, 0.6) is 11.5 Å². The molecule has 0 saturated heterocycles. The third-order valence-corrected chi connectivity index (χ3v) is 8.38. The van der Waals surface area contributed by atoms with Gasteiger partial charge in [-0.05, 0) is 73.9 Å². The Hall–Kier alpha value is -4.64. The molecule has 0 aliphatic heterocycles. The predicted molar refractivity (Wildman–Crippen MR) is 165 cm³/mol. The molecule has 2 heterocycles. The van der Waals surface area contributed by atoms with E-state index in [1.807, 2.05) is 55.5 Å². The molecule has 5 nitrogen and oxygen atoms in total. The van der Waals surface area contributed by atoms with Crippen molar-refractivity contribution in [3.63, 3.8) is 0 Å². The molecule has 5 heteroatoms. The van der Waals surface area contributed by atoms with E-state index in [1.165, 1.54) is 37.6 Å². The summed E-state index contributed by atoms with van der Waals surface area (Å²) in [4.78, 5) is 10.0. The number of rotatable bonds is 6. The van der Waals surface area contributed by atoms with E-state index in [0.29, 0.717) is 29.5 Å². The molecule has 1 aliphatic carbocycles. The standard InChI is InChI=1S/C36H33N3O2/c1-24-34(41-23-25-10-4-2-5-11-25)21-18-29(35(24)40)31-20-16-26-22-27(17-19-30(26)37-31)36-38-32-14-8-9-15-33(32)39(36)28-12-6-3-7-13-28/h2,4-5,8-11,14-22,28,40H,3,6-7,12-13,23H2,1H3. The van der Waals surface area contributed by atoms with Gasteiger partial charge in [0.25, 0.3) is 0 Å². The molecule has 0 spiro atoms. The summed E-state index contributed by atoms with van der Waals surface area (Å²) in [6, 6.07) is 33.3. The fraction of sp³-hybridized carbons (Fsp3) is 0.222. The van der Waals surface area contributed by atoms with Gasteiger partial charge in [-0.3, -0.25) is 0 Å². The van der Waals surface area contributed by atoms with Crippen LogP contribution in [0.1, 0.15) is 49.3 Å². The summed E-state index contributed by atoms with van der Waals surface area (Å²) in [5.74, 6) is 1.89. The van der Waals surface area contributed by atoms with Crippen LogP contribution in [0.15, 0.2) is 97.1 Å². The number of para-hydroxylation sites is 2. The van der Waals surface area contributed by atoms with Gasteiger partial charge in [-0.25, -0.2) is 9.97 Å². The highest BCUT2D eigenvalue weighted by Crippen LogP contribution is 2.39. The van der Waals surface area contributed by atoms with Crippen LogP contribution < -0.4 is 4.74 Å². The van der Waals surface area contributed by atoms with Crippen LogP contribution >= 0.6 is 0 Å². The highest BCUT2D eigenvalue weighted by Gasteiger charge is 2.22. The van der Waals surface area contributed by atoms with Gasteiger partial charge in [0.1, 0.15) is 23.9 Å². The fourth-order valence-corrected chi connectivity index (χ4v) is 6.15. The number of phenolic OH excluding ortho intramolecular Hbond substituents is 1. The van der Waals surface area contributed by atoms with Crippen molar-refractivity contribution in [1.29, 1.82) is 0 Å². The van der Waals surface area contributed by atoms with Crippen LogP contribution in [-0.2, 0) is 6.61 Å². The van der Waals surface area contributed by atoms with Gasteiger partial charge in [0.15, 0.2) is 0 Å². The lowest BCUT2D eigenvalue weighted by Crippen LogP contribution is -2.13. The van der Waals surface area contributed by atoms with E-state index in [2.05, 4.69) is 53.1 Å². The Balaban J connectivity index is 1.21. The van der Waals surface area contributed by atoms with Crippen LogP contribution in [0.2, 0.25) is 0 Å². The highest BCUT2D eigenvalue weighted by atomic mass is 16.5. The van der Waals surface area contributed by atoms with Gasteiger partial charge in [-0.1, -0.05) is 67.8 Å². The van der Waals surface area contributed by atoms with Gasteiger partial charge in [0.05, 0.1) is 22.2 Å². The van der Waals surface area contributed by atoms with E-state index in [0.717, 1.165) is 39.1 Å². The SMILES string of the molecule is Cc1c(OCc2ccccc2)ccc(-c2ccc3cc(-c4nc5ccccc5n4C4CCCCC4)ccc3n2)c1O. The van der Waals surface area contributed by atoms with Crippen LogP contribution in [0.4, 0.5) is 0 Å². The number of phenols is 1. The molecule has 204 valence electrons. The van der Waals surface area contributed by atoms with Crippen LogP contribution in [0.25, 0.3) is 44.6 Å². The number of imidazole rings is 1. The predicted octanol–water partition coefficient (Wildman–Crippen LogP) is 9.02. The maximum absolute atomic E-state index is 11.1. The molecule has 1 saturated carbocycles. The molecule has 7 rings (SSSR count). The fourth-order valence-electron chi connectivity index (χ4n) is 6.15. The third-order valence-electron chi connectivity index (χ3n) is 8.38. The highest BCUT2D eigenvalue weighted by molar-refractivity contribution is 5.88. The first kappa shape index (κ1) is 25.3. The van der Waals surface area contributed by atoms with E-state index in [1.54, 1.807) is 0 Å². The molecule has 1 fully saturated rings. The number of fused-ring (bicyclic) bond motifs is 2. The minimum absolute atomic E-state index is 0.195. The van der Waals surface area contributed by atoms with Gasteiger partial charge >= 0.3 is 0 Å². The second-order valence-electron chi connectivity index (χ2n) is 11.0. The summed E-state index contributed by atoms with van der Waals surface area (Å²) in [5.41, 5.74) is 7.46. The lowest BCUT2D eigenvalue weighted by atomic mass is 9.94. The lowest BCUT2D eigenvalue weighted by molar-refractivity contribution is 0.302. The van der Waals surface area contributed by atoms with E-state index >= 15 is 0 Å². The summed E-state index contributed by atoms with van der Waals surface area (Å²) in [7, 11) is 0. The molecular weight excluding hydrogens is 506 g/mol. The molecule has 0 bridgehead atoms. The normalized spacial score (nSPS) is 14.1. The first-order valence-corrected chi connectivity index (χ1v) is 14.5. The van der Waals surface area contributed by atoms with Crippen molar-refractivity contribution in [2.24, 2.45) is 0 Å². The summed E-state index contributed by atoms with van der Waals surface area (Å²) < 4.78 is 8.48. The summed E-state index contributed by atoms with van der Waals surface area (Å²) >= 11 is 0. The Morgan fingerprint density at radius 3 is 2.46 bits per heavy atom. The zero-order valence-electron chi connectivity index (χ0n) is 23.3. The molecule has 0 atom stereocenters. The molecule has 2 aromatic heterocycles. The van der Waals surface area contributed by atoms with Crippen molar-refractivity contribution < 1.29 is 9.84 Å². The lowest BCUT2D eigenvalue weighted by Gasteiger charge is -2.25. The average molecular weight is 540 g/mol. The molecule has 1 N–H and O–H groups in total. The van der Waals surface area contributed by atoms with Crippen molar-refractivity contribution in [2.75, 3.05) is 0 Å². The number of ether oxygens (including phenoxy) is 1. The molecule has 41 heavy (non-hydrogen) atoms. The van der Waals surface area contributed by atoms with Gasteiger partial charge < -0.3 is 14.4 Å². The zero-order chi connectivity index (χ0) is 27.8. The summed E-state index contributed by atoms with van der Waals surface area (Å²) in [6.07, 6.45) is 6.26. The molecule has 0 unspecified atom stereocenters. The van der Waals surface area contributed by atoms with Crippen molar-refractivity contribution in [3.8, 4) is 34.1 Å². The van der Waals surface area contributed by atoms with Crippen LogP contribution in [0, 0.1) is 6.92 Å². The quantitative estimate of drug-likeness (QED) is 0.229. The minimum atomic E-state index is 0.195. The maximum atomic E-state index is 11.1. The smallest absolute Gasteiger partial charge is 0.141 e. The van der Waals surface area contributed by atoms with E-state index in [9.17, 15) is 5.11 Å². The topological polar surface area (TPSA) is 60.2 Å². The molecule has 4 aromatic carbocycles. The zero-order valence-corrected chi connectivity index (χ0v) is 23.3. The van der Waals surface area contributed by atoms with Crippen molar-refractivity contribution in [3.05, 3.63) is 108 Å². The Labute approximate surface area is 240 Å². The number of pyridine rings is 1. The van der Waals surface area contributed by atoms with E-state index < -0.39 is 0 Å². The first-order valence-electron chi connectivity index (χ1n) is 14.5. The number of hydrogen-bond acceptors (Lipinski definition) is 4. The average Bonchev–Trinajstić information content (AvgIpc) is 3.42. The Bertz CT molecular complexity index is 1850. The number of aromatic nitrogens is 3. The Morgan fingerprint density at radius 1 is 0.805 bits per heavy atom. The monoisotopic (exact) mass is 539 g/mol. The van der Waals surface area contributed by atoms with E-state index in [-0.39, 0.29) is 5.75 Å². The largest absolute Gasteiger partial charge is 0.507 e. The van der Waals surface area contributed by atoms with Gasteiger partial charge in [0.2, 0.25) is 0 Å². The summed E-state index contributed by atoms with van der Waals surface area (Å²) in [5, 5.41) is 12.1. The molecule has 0 amide bonds. The van der Waals surface area contributed by atoms with E-state index in [4.69, 9.17) is 14.7 Å². The minimum Gasteiger partial charge on any atom is -0.507 e. The second-order valence-corrected chi connectivity index (χ2v) is 11.0. The first-order chi connectivity index (χ1) is 20.2. The molecule has 0 radical (unpaired) electrons. The van der Waals surface area contributed by atoms with Crippen molar-refractivity contribution in [2.45, 2.75) is 51.7 Å².